The van der Waals surface area contributed by atoms with E-state index in [9.17, 15) is 9.59 Å². The highest BCUT2D eigenvalue weighted by molar-refractivity contribution is 5.97. The summed E-state index contributed by atoms with van der Waals surface area (Å²) in [6, 6.07) is 13.3. The normalized spacial score (nSPS) is 13.9. The fourth-order valence-electron chi connectivity index (χ4n) is 4.30. The molecule has 0 spiro atoms. The van der Waals surface area contributed by atoms with Crippen LogP contribution in [0.5, 0.6) is 0 Å². The molecule has 4 rings (SSSR count). The molecular formula is C29H29N2O4+. The van der Waals surface area contributed by atoms with Gasteiger partial charge in [0.15, 0.2) is 6.20 Å². The third-order valence-corrected chi connectivity index (χ3v) is 6.18. The average Bonchev–Trinajstić information content (AvgIpc) is 2.91. The number of aryl methyl sites for hydroxylation is 1. The van der Waals surface area contributed by atoms with Gasteiger partial charge in [-0.05, 0) is 61.4 Å². The second-order valence-electron chi connectivity index (χ2n) is 8.09. The Bertz CT molecular complexity index is 1380. The number of pyridine rings is 1. The first-order chi connectivity index (χ1) is 17.0. The highest BCUT2D eigenvalue weighted by atomic mass is 16.5. The van der Waals surface area contributed by atoms with E-state index in [2.05, 4.69) is 23.3 Å². The molecular weight excluding hydrogens is 440 g/mol. The molecule has 3 aromatic rings. The number of allylic oxidation sites excluding steroid dienone is 4. The van der Waals surface area contributed by atoms with Crippen LogP contribution in [0.4, 0.5) is 5.69 Å². The summed E-state index contributed by atoms with van der Waals surface area (Å²) >= 11 is 0. The number of fused-ring (bicyclic) bond motifs is 2. The molecule has 2 heterocycles. The van der Waals surface area contributed by atoms with Crippen molar-refractivity contribution in [2.24, 2.45) is 0 Å². The van der Waals surface area contributed by atoms with Crippen LogP contribution in [-0.2, 0) is 16.0 Å². The third-order valence-electron chi connectivity index (χ3n) is 6.18. The van der Waals surface area contributed by atoms with E-state index < -0.39 is 0 Å². The van der Waals surface area contributed by atoms with Gasteiger partial charge in [0.1, 0.15) is 6.54 Å². The molecule has 0 amide bonds. The molecule has 0 saturated carbocycles. The monoisotopic (exact) mass is 469 g/mol. The molecule has 0 unspecified atom stereocenters. The minimum Gasteiger partial charge on any atom is -0.465 e. The Balaban J connectivity index is 1.76. The van der Waals surface area contributed by atoms with Crippen LogP contribution < -0.4 is 9.47 Å². The molecule has 6 nitrogen and oxygen atoms in total. The number of carbonyl (C=O) groups is 2. The van der Waals surface area contributed by atoms with Crippen LogP contribution in [0.15, 0.2) is 73.1 Å². The van der Waals surface area contributed by atoms with Gasteiger partial charge in [0.25, 0.3) is 0 Å². The SMILES string of the molecule is CCN1C=C/C(=C\C=C\c2cc[n+](CC)c3ccc(C(=O)OC)cc23)c2cc(C(=O)OC)ccc21. The van der Waals surface area contributed by atoms with E-state index in [0.29, 0.717) is 11.1 Å². The maximum Gasteiger partial charge on any atom is 0.337 e. The van der Waals surface area contributed by atoms with Crippen molar-refractivity contribution in [3.05, 3.63) is 95.3 Å². The Labute approximate surface area is 205 Å². The molecule has 0 aliphatic carbocycles. The Morgan fingerprint density at radius 1 is 0.971 bits per heavy atom. The Morgan fingerprint density at radius 2 is 1.69 bits per heavy atom. The summed E-state index contributed by atoms with van der Waals surface area (Å²) < 4.78 is 12.0. The van der Waals surface area contributed by atoms with Crippen molar-refractivity contribution in [1.82, 2.24) is 0 Å². The Hall–Kier alpha value is -4.19. The number of hydrogen-bond acceptors (Lipinski definition) is 5. The summed E-state index contributed by atoms with van der Waals surface area (Å²) in [7, 11) is 2.77. The summed E-state index contributed by atoms with van der Waals surface area (Å²) in [5.74, 6) is -0.719. The zero-order valence-corrected chi connectivity index (χ0v) is 20.4. The second kappa shape index (κ2) is 10.4. The number of carbonyl (C=O) groups excluding carboxylic acids is 2. The topological polar surface area (TPSA) is 59.7 Å². The summed E-state index contributed by atoms with van der Waals surface area (Å²) in [6.07, 6.45) is 12.2. The van der Waals surface area contributed by atoms with Gasteiger partial charge in [-0.2, -0.15) is 4.57 Å². The quantitative estimate of drug-likeness (QED) is 0.368. The van der Waals surface area contributed by atoms with Crippen LogP contribution in [0.2, 0.25) is 0 Å². The number of anilines is 1. The number of benzene rings is 2. The van der Waals surface area contributed by atoms with Crippen molar-refractivity contribution < 1.29 is 23.6 Å². The molecule has 1 aliphatic heterocycles. The lowest BCUT2D eigenvalue weighted by Gasteiger charge is -2.26. The Kier molecular flexibility index (Phi) is 7.11. The molecule has 2 aromatic carbocycles. The molecule has 1 aliphatic rings. The molecule has 0 saturated heterocycles. The highest BCUT2D eigenvalue weighted by Gasteiger charge is 2.18. The first-order valence-corrected chi connectivity index (χ1v) is 11.6. The average molecular weight is 470 g/mol. The first-order valence-electron chi connectivity index (χ1n) is 11.6. The minimum atomic E-state index is -0.360. The number of aromatic nitrogens is 1. The van der Waals surface area contributed by atoms with E-state index >= 15 is 0 Å². The van der Waals surface area contributed by atoms with E-state index in [4.69, 9.17) is 9.47 Å². The number of ether oxygens (including phenoxy) is 2. The summed E-state index contributed by atoms with van der Waals surface area (Å²) in [5, 5.41) is 0.969. The van der Waals surface area contributed by atoms with Gasteiger partial charge < -0.3 is 14.4 Å². The zero-order chi connectivity index (χ0) is 24.9. The molecule has 0 radical (unpaired) electrons. The molecule has 1 aromatic heterocycles. The van der Waals surface area contributed by atoms with Crippen molar-refractivity contribution in [2.75, 3.05) is 25.7 Å². The number of methoxy groups -OCH3 is 2. The van der Waals surface area contributed by atoms with Gasteiger partial charge in [-0.1, -0.05) is 18.2 Å². The van der Waals surface area contributed by atoms with Crippen molar-refractivity contribution in [2.45, 2.75) is 20.4 Å². The van der Waals surface area contributed by atoms with E-state index in [1.54, 1.807) is 12.1 Å². The maximum atomic E-state index is 12.1. The summed E-state index contributed by atoms with van der Waals surface area (Å²) in [6.45, 7) is 5.81. The molecule has 0 atom stereocenters. The molecule has 0 N–H and O–H groups in total. The molecule has 6 heteroatoms. The third kappa shape index (κ3) is 4.73. The van der Waals surface area contributed by atoms with Crippen LogP contribution in [0.3, 0.4) is 0 Å². The van der Waals surface area contributed by atoms with Gasteiger partial charge in [0, 0.05) is 36.1 Å². The maximum absolute atomic E-state index is 12.1. The van der Waals surface area contributed by atoms with Crippen molar-refractivity contribution in [3.63, 3.8) is 0 Å². The highest BCUT2D eigenvalue weighted by Crippen LogP contribution is 2.34. The van der Waals surface area contributed by atoms with Gasteiger partial charge in [0.05, 0.1) is 30.7 Å². The molecule has 0 bridgehead atoms. The fraction of sp³-hybridized carbons (Fsp3) is 0.207. The van der Waals surface area contributed by atoms with E-state index in [-0.39, 0.29) is 11.9 Å². The van der Waals surface area contributed by atoms with E-state index in [1.807, 2.05) is 67.0 Å². The largest absolute Gasteiger partial charge is 0.465 e. The van der Waals surface area contributed by atoms with Crippen LogP contribution in [-0.4, -0.2) is 32.7 Å². The van der Waals surface area contributed by atoms with Crippen LogP contribution in [0.25, 0.3) is 22.6 Å². The van der Waals surface area contributed by atoms with Crippen molar-refractivity contribution in [3.8, 4) is 0 Å². The Morgan fingerprint density at radius 3 is 2.37 bits per heavy atom. The summed E-state index contributed by atoms with van der Waals surface area (Å²) in [4.78, 5) is 26.4. The fourth-order valence-corrected chi connectivity index (χ4v) is 4.30. The molecule has 0 fully saturated rings. The van der Waals surface area contributed by atoms with E-state index in [0.717, 1.165) is 46.4 Å². The predicted molar refractivity (Wildman–Crippen MR) is 138 cm³/mol. The first kappa shape index (κ1) is 24.0. The van der Waals surface area contributed by atoms with Gasteiger partial charge >= 0.3 is 11.9 Å². The van der Waals surface area contributed by atoms with Crippen molar-refractivity contribution >= 4 is 40.2 Å². The van der Waals surface area contributed by atoms with E-state index in [1.165, 1.54) is 14.2 Å². The lowest BCUT2D eigenvalue weighted by Crippen LogP contribution is -2.32. The van der Waals surface area contributed by atoms with Crippen molar-refractivity contribution in [1.29, 1.82) is 0 Å². The van der Waals surface area contributed by atoms with Gasteiger partial charge in [0.2, 0.25) is 5.52 Å². The summed E-state index contributed by atoms with van der Waals surface area (Å²) in [5.41, 5.74) is 6.06. The lowest BCUT2D eigenvalue weighted by atomic mass is 9.96. The predicted octanol–water partition coefficient (Wildman–Crippen LogP) is 5.17. The lowest BCUT2D eigenvalue weighted by molar-refractivity contribution is -0.667. The minimum absolute atomic E-state index is 0.360. The number of nitrogens with zero attached hydrogens (tertiary/aromatic N) is 2. The second-order valence-corrected chi connectivity index (χ2v) is 8.09. The zero-order valence-electron chi connectivity index (χ0n) is 20.4. The van der Waals surface area contributed by atoms with Crippen LogP contribution >= 0.6 is 0 Å². The molecule has 35 heavy (non-hydrogen) atoms. The number of hydrogen-bond donors (Lipinski definition) is 0. The number of esters is 2. The number of rotatable bonds is 6. The van der Waals surface area contributed by atoms with Gasteiger partial charge in [-0.15, -0.1) is 0 Å². The van der Waals surface area contributed by atoms with Crippen LogP contribution in [0.1, 0.15) is 45.7 Å². The standard InChI is InChI=1S/C29H29N2O4/c1-5-30-16-14-20(24-18-22(28(32)34-3)10-12-26(24)30)8-7-9-21-15-17-31(6-2)27-13-11-23(19-25(21)27)29(33)35-4/h7-19H,5-6H2,1-4H3/q+1. The smallest absolute Gasteiger partial charge is 0.337 e. The van der Waals surface area contributed by atoms with Crippen LogP contribution in [0, 0.1) is 0 Å². The van der Waals surface area contributed by atoms with Gasteiger partial charge in [-0.3, -0.25) is 0 Å². The van der Waals surface area contributed by atoms with Gasteiger partial charge in [-0.25, -0.2) is 9.59 Å². The molecule has 178 valence electrons.